The van der Waals surface area contributed by atoms with E-state index in [1.54, 1.807) is 6.08 Å². The van der Waals surface area contributed by atoms with Crippen LogP contribution in [0.3, 0.4) is 0 Å². The van der Waals surface area contributed by atoms with Gasteiger partial charge in [-0.25, -0.2) is 0 Å². The maximum atomic E-state index is 9.99. The predicted octanol–water partition coefficient (Wildman–Crippen LogP) is 3.84. The van der Waals surface area contributed by atoms with Crippen LogP contribution in [0.15, 0.2) is 54.0 Å². The highest BCUT2D eigenvalue weighted by atomic mass is 79.9. The van der Waals surface area contributed by atoms with Crippen molar-refractivity contribution >= 4 is 15.9 Å². The van der Waals surface area contributed by atoms with Gasteiger partial charge in [-0.2, -0.15) is 0 Å². The number of halogens is 1. The van der Waals surface area contributed by atoms with Crippen LogP contribution >= 0.6 is 15.9 Å². The van der Waals surface area contributed by atoms with Crippen molar-refractivity contribution in [3.63, 3.8) is 0 Å². The molecule has 0 saturated carbocycles. The summed E-state index contributed by atoms with van der Waals surface area (Å²) < 4.78 is 11.4. The fourth-order valence-electron chi connectivity index (χ4n) is 2.36. The molecule has 3 atom stereocenters. The van der Waals surface area contributed by atoms with Gasteiger partial charge in [0.25, 0.3) is 0 Å². The molecule has 0 spiro atoms. The third kappa shape index (κ3) is 2.30. The first-order valence-corrected chi connectivity index (χ1v) is 7.02. The third-order valence-electron chi connectivity index (χ3n) is 3.54. The minimum atomic E-state index is -0.454. The Labute approximate surface area is 120 Å². The SMILES string of the molecule is CC1(Br)C=CC(O)=C2OC(c3ccccc3)OCC21. The van der Waals surface area contributed by atoms with Gasteiger partial charge in [0, 0.05) is 5.56 Å². The standard InChI is InChI=1S/C15H15BrO3/c1-15(16)8-7-12(17)13-11(15)9-18-14(19-13)10-5-3-2-4-6-10/h2-8,11,14,17H,9H2,1H3. The van der Waals surface area contributed by atoms with Gasteiger partial charge in [0.2, 0.25) is 6.29 Å². The van der Waals surface area contributed by atoms with Crippen molar-refractivity contribution < 1.29 is 14.6 Å². The van der Waals surface area contributed by atoms with E-state index in [0.29, 0.717) is 12.4 Å². The van der Waals surface area contributed by atoms with Gasteiger partial charge in [0.1, 0.15) is 5.76 Å². The summed E-state index contributed by atoms with van der Waals surface area (Å²) >= 11 is 3.65. The molecule has 1 fully saturated rings. The number of aliphatic hydroxyl groups excluding tert-OH is 1. The average molecular weight is 323 g/mol. The summed E-state index contributed by atoms with van der Waals surface area (Å²) in [6.07, 6.45) is 3.14. The molecule has 3 nitrogen and oxygen atoms in total. The molecule has 1 aromatic rings. The molecule has 0 radical (unpaired) electrons. The van der Waals surface area contributed by atoms with Gasteiger partial charge in [-0.3, -0.25) is 0 Å². The third-order valence-corrected chi connectivity index (χ3v) is 4.35. The van der Waals surface area contributed by atoms with Crippen LogP contribution in [0, 0.1) is 5.92 Å². The summed E-state index contributed by atoms with van der Waals surface area (Å²) in [5.74, 6) is 0.769. The first kappa shape index (κ1) is 12.8. The minimum absolute atomic E-state index is 0.0162. The lowest BCUT2D eigenvalue weighted by Gasteiger charge is -2.40. The average Bonchev–Trinajstić information content (AvgIpc) is 2.44. The number of fused-ring (bicyclic) bond motifs is 1. The molecule has 0 aromatic heterocycles. The fraction of sp³-hybridized carbons (Fsp3) is 0.333. The molecule has 2 aliphatic rings. The molecule has 19 heavy (non-hydrogen) atoms. The second kappa shape index (κ2) is 4.69. The quantitative estimate of drug-likeness (QED) is 0.798. The van der Waals surface area contributed by atoms with E-state index in [1.807, 2.05) is 43.3 Å². The lowest BCUT2D eigenvalue weighted by Crippen LogP contribution is -2.39. The second-order valence-electron chi connectivity index (χ2n) is 4.98. The Bertz CT molecular complexity index is 534. The topological polar surface area (TPSA) is 38.7 Å². The Morgan fingerprint density at radius 1 is 1.32 bits per heavy atom. The minimum Gasteiger partial charge on any atom is -0.504 e. The molecule has 1 aromatic carbocycles. The molecule has 1 saturated heterocycles. The molecule has 100 valence electrons. The van der Waals surface area contributed by atoms with Crippen molar-refractivity contribution in [2.75, 3.05) is 6.61 Å². The number of hydrogen-bond donors (Lipinski definition) is 1. The van der Waals surface area contributed by atoms with E-state index in [4.69, 9.17) is 9.47 Å². The molecule has 3 unspecified atom stereocenters. The summed E-state index contributed by atoms with van der Waals surface area (Å²) in [5, 5.41) is 9.99. The van der Waals surface area contributed by atoms with Crippen molar-refractivity contribution in [2.24, 2.45) is 5.92 Å². The van der Waals surface area contributed by atoms with Crippen LogP contribution in [-0.2, 0) is 9.47 Å². The molecule has 1 heterocycles. The lowest BCUT2D eigenvalue weighted by atomic mass is 9.87. The summed E-state index contributed by atoms with van der Waals surface area (Å²) in [4.78, 5) is 0. The van der Waals surface area contributed by atoms with Gasteiger partial charge < -0.3 is 14.6 Å². The number of benzene rings is 1. The second-order valence-corrected chi connectivity index (χ2v) is 6.69. The summed E-state index contributed by atoms with van der Waals surface area (Å²) in [6, 6.07) is 9.74. The zero-order valence-corrected chi connectivity index (χ0v) is 12.1. The number of alkyl halides is 1. The smallest absolute Gasteiger partial charge is 0.226 e. The summed E-state index contributed by atoms with van der Waals surface area (Å²) in [5.41, 5.74) is 0.951. The Balaban J connectivity index is 1.89. The van der Waals surface area contributed by atoms with Gasteiger partial charge in [0.05, 0.1) is 16.8 Å². The number of ether oxygens (including phenoxy) is 2. The van der Waals surface area contributed by atoms with Crippen molar-refractivity contribution in [1.82, 2.24) is 0 Å². The highest BCUT2D eigenvalue weighted by Crippen LogP contribution is 2.44. The number of aliphatic hydroxyl groups is 1. The van der Waals surface area contributed by atoms with Crippen LogP contribution in [0.1, 0.15) is 18.8 Å². The van der Waals surface area contributed by atoms with Gasteiger partial charge >= 0.3 is 0 Å². The van der Waals surface area contributed by atoms with Crippen molar-refractivity contribution in [1.29, 1.82) is 0 Å². The predicted molar refractivity (Wildman–Crippen MR) is 75.8 cm³/mol. The van der Waals surface area contributed by atoms with Gasteiger partial charge in [-0.1, -0.05) is 52.3 Å². The first-order chi connectivity index (χ1) is 9.08. The van der Waals surface area contributed by atoms with Crippen molar-refractivity contribution in [2.45, 2.75) is 17.5 Å². The van der Waals surface area contributed by atoms with Gasteiger partial charge in [0.15, 0.2) is 5.76 Å². The van der Waals surface area contributed by atoms with E-state index >= 15 is 0 Å². The van der Waals surface area contributed by atoms with Crippen LogP contribution < -0.4 is 0 Å². The lowest BCUT2D eigenvalue weighted by molar-refractivity contribution is -0.176. The van der Waals surface area contributed by atoms with Crippen molar-refractivity contribution in [3.8, 4) is 0 Å². The zero-order chi connectivity index (χ0) is 13.5. The van der Waals surface area contributed by atoms with Gasteiger partial charge in [-0.05, 0) is 13.0 Å². The van der Waals surface area contributed by atoms with E-state index < -0.39 is 6.29 Å². The van der Waals surface area contributed by atoms with E-state index in [0.717, 1.165) is 5.56 Å². The molecule has 1 N–H and O–H groups in total. The van der Waals surface area contributed by atoms with Crippen LogP contribution in [0.2, 0.25) is 0 Å². The molecule has 1 aliphatic heterocycles. The zero-order valence-electron chi connectivity index (χ0n) is 10.5. The van der Waals surface area contributed by atoms with Crippen LogP contribution in [0.5, 0.6) is 0 Å². The van der Waals surface area contributed by atoms with Gasteiger partial charge in [-0.15, -0.1) is 0 Å². The number of allylic oxidation sites excluding steroid dienone is 2. The maximum Gasteiger partial charge on any atom is 0.226 e. The monoisotopic (exact) mass is 322 g/mol. The normalized spacial score (nSPS) is 33.8. The van der Waals surface area contributed by atoms with E-state index in [9.17, 15) is 5.11 Å². The molecule has 0 amide bonds. The Morgan fingerprint density at radius 3 is 2.79 bits per heavy atom. The Hall–Kier alpha value is -1.26. The summed E-state index contributed by atoms with van der Waals surface area (Å²) in [7, 11) is 0. The number of rotatable bonds is 1. The Kier molecular flexibility index (Phi) is 3.15. The molecular formula is C15H15BrO3. The molecule has 3 rings (SSSR count). The molecule has 0 bridgehead atoms. The molecule has 4 heteroatoms. The highest BCUT2D eigenvalue weighted by Gasteiger charge is 2.42. The fourth-order valence-corrected chi connectivity index (χ4v) is 2.84. The molecule has 1 aliphatic carbocycles. The van der Waals surface area contributed by atoms with Crippen LogP contribution in [-0.4, -0.2) is 16.0 Å². The Morgan fingerprint density at radius 2 is 2.05 bits per heavy atom. The van der Waals surface area contributed by atoms with Crippen molar-refractivity contribution in [3.05, 3.63) is 59.6 Å². The summed E-state index contributed by atoms with van der Waals surface area (Å²) in [6.45, 7) is 2.54. The van der Waals surface area contributed by atoms with Crippen LogP contribution in [0.25, 0.3) is 0 Å². The molecular weight excluding hydrogens is 308 g/mol. The maximum absolute atomic E-state index is 9.99. The largest absolute Gasteiger partial charge is 0.504 e. The van der Waals surface area contributed by atoms with E-state index in [2.05, 4.69) is 15.9 Å². The van der Waals surface area contributed by atoms with E-state index in [1.165, 1.54) is 0 Å². The first-order valence-electron chi connectivity index (χ1n) is 6.22. The highest BCUT2D eigenvalue weighted by molar-refractivity contribution is 9.10. The van der Waals surface area contributed by atoms with Crippen LogP contribution in [0.4, 0.5) is 0 Å². The van der Waals surface area contributed by atoms with E-state index in [-0.39, 0.29) is 16.0 Å². The number of hydrogen-bond acceptors (Lipinski definition) is 3.